The molecule has 0 fully saturated rings. The van der Waals surface area contributed by atoms with E-state index < -0.39 is 41.0 Å². The zero-order chi connectivity index (χ0) is 24.5. The molecule has 2 aromatic rings. The molecule has 0 atom stereocenters. The van der Waals surface area contributed by atoms with Crippen LogP contribution < -0.4 is 15.2 Å². The minimum Gasteiger partial charge on any atom is -0.396 e. The Labute approximate surface area is 194 Å². The first kappa shape index (κ1) is 26.5. The van der Waals surface area contributed by atoms with Crippen LogP contribution in [0.4, 0.5) is 5.95 Å². The number of imidazole rings is 1. The Kier molecular flexibility index (Phi) is 6.53. The molecule has 0 aromatic carbocycles. The highest BCUT2D eigenvalue weighted by Crippen LogP contribution is 2.29. The fraction of sp³-hybridized carbons (Fsp3) is 0.750. The van der Waals surface area contributed by atoms with E-state index in [1.807, 2.05) is 0 Å². The van der Waals surface area contributed by atoms with Gasteiger partial charge >= 0.3 is 0 Å². The van der Waals surface area contributed by atoms with Crippen LogP contribution in [0, 0.1) is 0 Å². The van der Waals surface area contributed by atoms with Gasteiger partial charge < -0.3 is 12.7 Å². The molecule has 0 radical (unpaired) electrons. The van der Waals surface area contributed by atoms with Crippen LogP contribution in [0.5, 0.6) is 0 Å². The third-order valence-electron chi connectivity index (χ3n) is 5.22. The summed E-state index contributed by atoms with van der Waals surface area (Å²) in [5.74, 6) is 0.886. The van der Waals surface area contributed by atoms with Crippen LogP contribution in [-0.4, -0.2) is 59.4 Å². The van der Waals surface area contributed by atoms with E-state index in [9.17, 15) is 4.79 Å². The maximum Gasteiger partial charge on any atom is 0.272 e. The minimum atomic E-state index is -2.05. The summed E-state index contributed by atoms with van der Waals surface area (Å²) in [4.78, 5) is 24.6. The van der Waals surface area contributed by atoms with Gasteiger partial charge in [0.15, 0.2) is 28.1 Å². The second kappa shape index (κ2) is 7.64. The van der Waals surface area contributed by atoms with Crippen LogP contribution in [0.15, 0.2) is 4.79 Å². The van der Waals surface area contributed by atoms with E-state index in [2.05, 4.69) is 111 Å². The molecule has 0 amide bonds. The third kappa shape index (κ3) is 5.10. The van der Waals surface area contributed by atoms with Crippen molar-refractivity contribution in [2.45, 2.75) is 98.2 Å². The van der Waals surface area contributed by atoms with Crippen molar-refractivity contribution in [3.05, 3.63) is 10.4 Å². The van der Waals surface area contributed by atoms with Crippen molar-refractivity contribution in [3.8, 4) is 0 Å². The van der Waals surface area contributed by atoms with E-state index in [0.29, 0.717) is 5.65 Å². The molecule has 0 bridgehead atoms. The van der Waals surface area contributed by atoms with Crippen LogP contribution in [0.25, 0.3) is 11.2 Å². The molecule has 0 unspecified atom stereocenters. The summed E-state index contributed by atoms with van der Waals surface area (Å²) in [5, 5.41) is 0. The molecular weight excluding hydrogens is 467 g/mol. The highest BCUT2D eigenvalue weighted by atomic mass is 28.4. The number of fused-ring (bicyclic) bond motifs is 1. The summed E-state index contributed by atoms with van der Waals surface area (Å²) in [6.07, 6.45) is 0. The summed E-state index contributed by atoms with van der Waals surface area (Å²) in [6.45, 7) is 34.8. The lowest BCUT2D eigenvalue weighted by Gasteiger charge is -2.46. The number of rotatable bonds is 6. The number of hydrogen-bond acceptors (Lipinski definition) is 4. The molecule has 176 valence electrons. The highest BCUT2D eigenvalue weighted by molar-refractivity contribution is 6.99. The van der Waals surface area contributed by atoms with Gasteiger partial charge in [0.05, 0.1) is 5.45 Å². The van der Waals surface area contributed by atoms with Gasteiger partial charge in [0.2, 0.25) is 0 Å². The van der Waals surface area contributed by atoms with Gasteiger partial charge in [0.1, 0.15) is 30.1 Å². The van der Waals surface area contributed by atoms with Gasteiger partial charge in [0.25, 0.3) is 5.56 Å². The number of anilines is 1. The average Bonchev–Trinajstić information content (AvgIpc) is 2.82. The minimum absolute atomic E-state index is 0.125. The molecule has 2 heterocycles. The van der Waals surface area contributed by atoms with Gasteiger partial charge in [-0.3, -0.25) is 4.79 Å². The molecule has 11 heteroatoms. The fourth-order valence-electron chi connectivity index (χ4n) is 4.54. The normalized spacial score (nSPS) is 14.4. The number of aromatic nitrogens is 4. The molecular formula is C20H45N5OSi5. The largest absolute Gasteiger partial charge is 0.396 e. The lowest BCUT2D eigenvalue weighted by molar-refractivity contribution is 0.986. The van der Waals surface area contributed by atoms with Crippen molar-refractivity contribution in [1.82, 2.24) is 18.4 Å². The first-order chi connectivity index (χ1) is 13.5. The molecule has 6 nitrogen and oxygen atoms in total. The molecule has 31 heavy (non-hydrogen) atoms. The van der Waals surface area contributed by atoms with Crippen molar-refractivity contribution in [2.75, 3.05) is 4.23 Å². The maximum atomic E-state index is 14.3. The van der Waals surface area contributed by atoms with E-state index in [1.54, 1.807) is 0 Å². The van der Waals surface area contributed by atoms with Gasteiger partial charge in [-0.05, 0) is 0 Å². The Balaban J connectivity index is 3.21. The Hall–Kier alpha value is -0.766. The molecule has 0 spiro atoms. The lowest BCUT2D eigenvalue weighted by atomic mass is 10.5. The summed E-state index contributed by atoms with van der Waals surface area (Å²) in [5.41, 5.74) is 2.66. The predicted octanol–water partition coefficient (Wildman–Crippen LogP) is 4.98. The zero-order valence-electron chi connectivity index (χ0n) is 22.6. The topological polar surface area (TPSA) is 56.0 Å². The van der Waals surface area contributed by atoms with Crippen LogP contribution in [0.1, 0.15) is 0 Å². The Morgan fingerprint density at radius 2 is 1.06 bits per heavy atom. The van der Waals surface area contributed by atoms with Crippen LogP contribution in [-0.2, 0) is 0 Å². The molecule has 0 saturated carbocycles. The Bertz CT molecular complexity index is 1030. The van der Waals surface area contributed by atoms with Crippen molar-refractivity contribution >= 4 is 63.6 Å². The predicted molar refractivity (Wildman–Crippen MR) is 151 cm³/mol. The maximum absolute atomic E-state index is 14.3. The Morgan fingerprint density at radius 1 is 0.645 bits per heavy atom. The van der Waals surface area contributed by atoms with E-state index in [1.165, 1.54) is 0 Å². The van der Waals surface area contributed by atoms with E-state index in [0.717, 1.165) is 16.9 Å². The van der Waals surface area contributed by atoms with Crippen molar-refractivity contribution in [1.29, 1.82) is 0 Å². The molecule has 0 N–H and O–H groups in total. The summed E-state index contributed by atoms with van der Waals surface area (Å²) in [6, 6.07) is 0. The van der Waals surface area contributed by atoms with Gasteiger partial charge in [-0.1, -0.05) is 98.2 Å². The highest BCUT2D eigenvalue weighted by Gasteiger charge is 2.41. The standard InChI is InChI=1S/C20H45N5OSi5/c1-27(2,3)20-22-17-16(23(20)28(4,5)6)18(26)24(29(7,8)9)19(21-17)25(30(10,11)12)31(13,14)15/h1-15H3. The molecule has 0 aliphatic heterocycles. The van der Waals surface area contributed by atoms with Gasteiger partial charge in [0, 0.05) is 0 Å². The van der Waals surface area contributed by atoms with Gasteiger partial charge in [-0.15, -0.1) is 0 Å². The van der Waals surface area contributed by atoms with Crippen LogP contribution in [0.3, 0.4) is 0 Å². The van der Waals surface area contributed by atoms with Gasteiger partial charge in [-0.2, -0.15) is 4.98 Å². The van der Waals surface area contributed by atoms with Gasteiger partial charge in [-0.25, -0.2) is 4.98 Å². The summed E-state index contributed by atoms with van der Waals surface area (Å²) in [7, 11) is -9.26. The number of nitrogens with zero attached hydrogens (tertiary/aromatic N) is 5. The quantitative estimate of drug-likeness (QED) is 0.513. The van der Waals surface area contributed by atoms with Crippen LogP contribution >= 0.6 is 0 Å². The lowest BCUT2D eigenvalue weighted by Crippen LogP contribution is -2.62. The monoisotopic (exact) mass is 511 g/mol. The van der Waals surface area contributed by atoms with Crippen molar-refractivity contribution < 1.29 is 0 Å². The molecule has 2 rings (SSSR count). The first-order valence-electron chi connectivity index (χ1n) is 11.4. The molecule has 0 aliphatic rings. The Morgan fingerprint density at radius 3 is 1.39 bits per heavy atom. The summed E-state index contributed by atoms with van der Waals surface area (Å²) < 4.78 is 7.04. The fourth-order valence-corrected chi connectivity index (χ4v) is 20.5. The average molecular weight is 512 g/mol. The molecule has 2 aromatic heterocycles. The van der Waals surface area contributed by atoms with E-state index in [-0.39, 0.29) is 5.56 Å². The molecule has 0 aliphatic carbocycles. The second-order valence-corrected chi connectivity index (χ2v) is 38.3. The molecule has 0 saturated heterocycles. The van der Waals surface area contributed by atoms with E-state index in [4.69, 9.17) is 9.97 Å². The van der Waals surface area contributed by atoms with Crippen molar-refractivity contribution in [2.24, 2.45) is 0 Å². The third-order valence-corrected chi connectivity index (χ3v) is 17.8. The first-order valence-corrected chi connectivity index (χ1v) is 28.6. The van der Waals surface area contributed by atoms with Crippen molar-refractivity contribution in [3.63, 3.8) is 0 Å². The van der Waals surface area contributed by atoms with E-state index >= 15 is 0 Å². The van der Waals surface area contributed by atoms with Crippen LogP contribution in [0.2, 0.25) is 98.2 Å². The summed E-state index contributed by atoms with van der Waals surface area (Å²) >= 11 is 0. The SMILES string of the molecule is C[Si](C)(C)c1nc2nc(N([Si](C)(C)C)[Si](C)(C)C)n([Si](C)(C)C)c(=O)c2n1[Si](C)(C)C. The second-order valence-electron chi connectivity index (χ2n) is 13.8. The smallest absolute Gasteiger partial charge is 0.272 e. The zero-order valence-corrected chi connectivity index (χ0v) is 27.6. The number of hydrogen-bond donors (Lipinski definition) is 0.